The molecule has 1 aromatic carbocycles. The summed E-state index contributed by atoms with van der Waals surface area (Å²) in [5.41, 5.74) is -8.03. The highest BCUT2D eigenvalue weighted by Crippen LogP contribution is 2.64. The minimum absolute atomic E-state index is 0.00594. The molecular weight excluding hydrogens is 815 g/mol. The number of hydrogen-bond donors (Lipinski definition) is 4. The normalized spacial score (nSPS) is 32.6. The van der Waals surface area contributed by atoms with Crippen molar-refractivity contribution in [2.24, 2.45) is 22.2 Å². The van der Waals surface area contributed by atoms with Crippen LogP contribution in [0.3, 0.4) is 0 Å². The highest BCUT2D eigenvalue weighted by molar-refractivity contribution is 7.10. The molecule has 16 nitrogen and oxygen atoms in total. The van der Waals surface area contributed by atoms with Crippen LogP contribution in [0.1, 0.15) is 96.4 Å². The van der Waals surface area contributed by atoms with Crippen molar-refractivity contribution in [2.75, 3.05) is 13.2 Å². The summed E-state index contributed by atoms with van der Waals surface area (Å²) in [5.74, 6) is -6.26. The van der Waals surface area contributed by atoms with Gasteiger partial charge in [0.2, 0.25) is 0 Å². The molecule has 1 aromatic heterocycles. The van der Waals surface area contributed by atoms with Crippen LogP contribution in [-0.4, -0.2) is 112 Å². The van der Waals surface area contributed by atoms with Gasteiger partial charge in [-0.05, 0) is 54.0 Å². The summed E-state index contributed by atoms with van der Waals surface area (Å²) in [4.78, 5) is 83.1. The Labute approximate surface area is 357 Å². The Morgan fingerprint density at radius 2 is 1.66 bits per heavy atom. The van der Waals surface area contributed by atoms with Gasteiger partial charge in [0.25, 0.3) is 0 Å². The smallest absolute Gasteiger partial charge is 0.407 e. The zero-order valence-corrected chi connectivity index (χ0v) is 36.5. The summed E-state index contributed by atoms with van der Waals surface area (Å²) in [6.45, 7) is 13.6. The predicted octanol–water partition coefficient (Wildman–Crippen LogP) is 4.14. The molecule has 3 aliphatic carbocycles. The van der Waals surface area contributed by atoms with Gasteiger partial charge >= 0.3 is 30.0 Å². The molecule has 6 rings (SSSR count). The molecule has 0 spiro atoms. The molecule has 2 bridgehead atoms. The molecule has 4 aliphatic rings. The molecule has 3 fully saturated rings. The fourth-order valence-electron chi connectivity index (χ4n) is 9.59. The van der Waals surface area contributed by atoms with E-state index in [4.69, 9.17) is 28.4 Å². The number of ketones is 1. The van der Waals surface area contributed by atoms with Crippen LogP contribution < -0.4 is 5.32 Å². The Hall–Kier alpha value is -4.68. The van der Waals surface area contributed by atoms with Crippen LogP contribution in [0, 0.1) is 22.2 Å². The summed E-state index contributed by atoms with van der Waals surface area (Å²) in [7, 11) is 0. The van der Waals surface area contributed by atoms with Crippen molar-refractivity contribution >= 4 is 47.1 Å². The van der Waals surface area contributed by atoms with E-state index in [1.165, 1.54) is 26.0 Å². The molecule has 9 unspecified atom stereocenters. The average molecular weight is 870 g/mol. The lowest BCUT2D eigenvalue weighted by atomic mass is 9.44. The lowest BCUT2D eigenvalue weighted by Crippen LogP contribution is -2.82. The second-order valence-electron chi connectivity index (χ2n) is 18.4. The number of aliphatic hydroxyl groups excluding tert-OH is 2. The molecule has 0 radical (unpaired) electrons. The second-order valence-corrected chi connectivity index (χ2v) is 19.4. The highest BCUT2D eigenvalue weighted by Gasteiger charge is 2.78. The van der Waals surface area contributed by atoms with Gasteiger partial charge in [-0.1, -0.05) is 58.9 Å². The monoisotopic (exact) mass is 869 g/mol. The number of amides is 1. The Bertz CT molecular complexity index is 2080. The standard InChI is InChI=1S/C44H55NO15S/c1-22-26(58-38(52)32(49)31(27-16-13-17-61-27)45-39(53)56-20-40(4,5)6)19-44(54)36(59-37(51)25-14-11-10-12-15-25)34-42(9,28(48)18-29-43(34,21-55-29)60-24(3)47)35(50)33(57-23(2)46)30(22)41(44,7)8/h10-17,26,28-29,31-34,36,48-49,54H,18-21H2,1-9H3,(H,45,53)/t26?,28?,29?,31?,32?,33?,34?,36?,42-,43+,44?/m1/s1. The first-order chi connectivity index (χ1) is 28.4. The lowest BCUT2D eigenvalue weighted by molar-refractivity contribution is -0.346. The number of Topliss-reactive ketones (excluding diaryl/α,β-unsaturated/α-hetero) is 1. The fraction of sp³-hybridized carbons (Fsp3) is 0.591. The lowest BCUT2D eigenvalue weighted by Gasteiger charge is -2.67. The number of thiophene rings is 1. The molecule has 61 heavy (non-hydrogen) atoms. The van der Waals surface area contributed by atoms with E-state index in [0.29, 0.717) is 4.88 Å². The zero-order chi connectivity index (χ0) is 45.0. The number of aliphatic hydroxyl groups is 3. The third kappa shape index (κ3) is 8.10. The number of nitrogens with one attached hydrogen (secondary N) is 1. The molecule has 1 saturated heterocycles. The minimum atomic E-state index is -2.39. The van der Waals surface area contributed by atoms with Gasteiger partial charge in [0.15, 0.2) is 23.6 Å². The third-order valence-corrected chi connectivity index (χ3v) is 13.7. The summed E-state index contributed by atoms with van der Waals surface area (Å²) >= 11 is 1.15. The van der Waals surface area contributed by atoms with E-state index in [0.717, 1.165) is 25.2 Å². The first-order valence-corrected chi connectivity index (χ1v) is 21.0. The molecule has 332 valence electrons. The van der Waals surface area contributed by atoms with Gasteiger partial charge in [0.05, 0.1) is 36.2 Å². The van der Waals surface area contributed by atoms with E-state index in [1.54, 1.807) is 49.6 Å². The Morgan fingerprint density at radius 3 is 2.21 bits per heavy atom. The van der Waals surface area contributed by atoms with Crippen molar-refractivity contribution in [3.63, 3.8) is 0 Å². The van der Waals surface area contributed by atoms with Gasteiger partial charge in [-0.15, -0.1) is 11.3 Å². The Balaban J connectivity index is 1.51. The molecular formula is C44H55NO15S. The molecule has 11 atom stereocenters. The van der Waals surface area contributed by atoms with Gasteiger partial charge in [-0.25, -0.2) is 14.4 Å². The number of rotatable bonds is 10. The summed E-state index contributed by atoms with van der Waals surface area (Å²) in [5, 5.41) is 41.5. The van der Waals surface area contributed by atoms with Crippen LogP contribution in [0.2, 0.25) is 0 Å². The number of hydrogen-bond acceptors (Lipinski definition) is 16. The average Bonchev–Trinajstić information content (AvgIpc) is 3.72. The van der Waals surface area contributed by atoms with Crippen molar-refractivity contribution in [1.82, 2.24) is 5.32 Å². The largest absolute Gasteiger partial charge is 0.456 e. The van der Waals surface area contributed by atoms with Crippen LogP contribution in [0.15, 0.2) is 59.0 Å². The SMILES string of the molecule is CC(=O)OC1C(=O)[C@]2(C)C(O)CC3OC[C@@]3(OC(C)=O)C2C(OC(=O)c2ccccc2)C2(O)CC(OC(=O)C(O)C(NC(=O)OCC(C)(C)C)c3cccs3)C(C)=C1C2(C)C. The molecule has 2 aromatic rings. The van der Waals surface area contributed by atoms with E-state index < -0.39 is 113 Å². The van der Waals surface area contributed by atoms with E-state index >= 15 is 4.79 Å². The van der Waals surface area contributed by atoms with Crippen LogP contribution in [0.5, 0.6) is 0 Å². The maximum Gasteiger partial charge on any atom is 0.407 e. The summed E-state index contributed by atoms with van der Waals surface area (Å²) in [6, 6.07) is 9.74. The highest BCUT2D eigenvalue weighted by atomic mass is 32.1. The topological polar surface area (TPSA) is 231 Å². The second kappa shape index (κ2) is 16.5. The van der Waals surface area contributed by atoms with Gasteiger partial charge in [-0.3, -0.25) is 14.4 Å². The van der Waals surface area contributed by atoms with Gasteiger partial charge in [0.1, 0.15) is 30.0 Å². The predicted molar refractivity (Wildman–Crippen MR) is 216 cm³/mol. The zero-order valence-electron chi connectivity index (χ0n) is 35.7. The molecule has 4 N–H and O–H groups in total. The van der Waals surface area contributed by atoms with Crippen molar-refractivity contribution < 1.29 is 72.5 Å². The number of carbonyl (C=O) groups is 6. The van der Waals surface area contributed by atoms with Crippen LogP contribution in [0.25, 0.3) is 0 Å². The van der Waals surface area contributed by atoms with E-state index in [1.807, 2.05) is 20.8 Å². The molecule has 1 aliphatic heterocycles. The van der Waals surface area contributed by atoms with E-state index in [-0.39, 0.29) is 41.8 Å². The fourth-order valence-corrected chi connectivity index (χ4v) is 10.4. The number of ether oxygens (including phenoxy) is 6. The summed E-state index contributed by atoms with van der Waals surface area (Å²) in [6.07, 6.45) is -11.4. The summed E-state index contributed by atoms with van der Waals surface area (Å²) < 4.78 is 35.5. The Morgan fingerprint density at radius 1 is 0.984 bits per heavy atom. The van der Waals surface area contributed by atoms with E-state index in [2.05, 4.69) is 5.32 Å². The maximum atomic E-state index is 15.4. The molecule has 1 amide bonds. The number of carbonyl (C=O) groups excluding carboxylic acids is 6. The first-order valence-electron chi connectivity index (χ1n) is 20.1. The number of fused-ring (bicyclic) bond motifs is 5. The maximum absolute atomic E-state index is 15.4. The first kappa shape index (κ1) is 45.8. The molecule has 2 saturated carbocycles. The number of alkyl carbamates (subject to hydrolysis) is 1. The Kier molecular flexibility index (Phi) is 12.4. The number of benzene rings is 1. The van der Waals surface area contributed by atoms with Gasteiger partial charge < -0.3 is 49.1 Å². The van der Waals surface area contributed by atoms with Crippen molar-refractivity contribution in [1.29, 1.82) is 0 Å². The van der Waals surface area contributed by atoms with Gasteiger partial charge in [0, 0.05) is 37.0 Å². The van der Waals surface area contributed by atoms with Crippen LogP contribution in [-0.2, 0) is 47.6 Å². The van der Waals surface area contributed by atoms with Crippen LogP contribution >= 0.6 is 11.3 Å². The van der Waals surface area contributed by atoms with Crippen molar-refractivity contribution in [3.05, 3.63) is 69.4 Å². The van der Waals surface area contributed by atoms with Gasteiger partial charge in [-0.2, -0.15) is 0 Å². The number of esters is 4. The van der Waals surface area contributed by atoms with Crippen molar-refractivity contribution in [2.45, 2.75) is 129 Å². The third-order valence-electron chi connectivity index (χ3n) is 12.8. The van der Waals surface area contributed by atoms with Crippen molar-refractivity contribution in [3.8, 4) is 0 Å². The van der Waals surface area contributed by atoms with Crippen LogP contribution in [0.4, 0.5) is 4.79 Å². The van der Waals surface area contributed by atoms with E-state index in [9.17, 15) is 39.3 Å². The quantitative estimate of drug-likeness (QED) is 0.149. The molecule has 17 heteroatoms. The molecule has 2 heterocycles. The minimum Gasteiger partial charge on any atom is -0.456 e.